The van der Waals surface area contributed by atoms with E-state index in [0.717, 1.165) is 50.6 Å². The van der Waals surface area contributed by atoms with E-state index >= 15 is 0 Å². The molecule has 0 saturated carbocycles. The molecule has 12 aromatic rings. The van der Waals surface area contributed by atoms with Crippen molar-refractivity contribution in [3.05, 3.63) is 307 Å². The predicted octanol–water partition coefficient (Wildman–Crippen LogP) is 32.1. The first-order valence-electron chi connectivity index (χ1n) is 45.7. The molecule has 0 aliphatic carbocycles. The molecule has 0 saturated heterocycles. The van der Waals surface area contributed by atoms with Gasteiger partial charge in [-0.2, -0.15) is 0 Å². The van der Waals surface area contributed by atoms with Crippen LogP contribution in [-0.4, -0.2) is 63.5 Å². The number of aliphatic hydroxyl groups is 4. The molecule has 4 radical (unpaired) electrons. The molecule has 16 heteroatoms. The van der Waals surface area contributed by atoms with Gasteiger partial charge in [-0.1, -0.05) is 369 Å². The van der Waals surface area contributed by atoms with Gasteiger partial charge in [0.05, 0.1) is 0 Å². The molecule has 4 heterocycles. The molecule has 8 aromatic carbocycles. The Morgan fingerprint density at radius 2 is 0.544 bits per heavy atom. The molecule has 0 fully saturated rings. The van der Waals surface area contributed by atoms with Crippen molar-refractivity contribution in [3.63, 3.8) is 0 Å². The van der Waals surface area contributed by atoms with Crippen LogP contribution in [-0.2, 0) is 99.6 Å². The minimum atomic E-state index is -0.417. The summed E-state index contributed by atoms with van der Waals surface area (Å²) in [6.07, 6.45) is 13.2. The van der Waals surface area contributed by atoms with Crippen molar-refractivity contribution >= 4 is 66.2 Å². The maximum Gasteiger partial charge on any atom is 0.164 e. The van der Waals surface area contributed by atoms with E-state index in [4.69, 9.17) is 0 Å². The number of aromatic nitrogens is 4. The summed E-state index contributed by atoms with van der Waals surface area (Å²) < 4.78 is 0. The molecule has 0 aliphatic rings. The first-order valence-corrected chi connectivity index (χ1v) is 45.7. The molecule has 0 bridgehead atoms. The van der Waals surface area contributed by atoms with Gasteiger partial charge in [0.25, 0.3) is 0 Å². The van der Waals surface area contributed by atoms with Gasteiger partial charge in [-0.15, -0.1) is 138 Å². The van der Waals surface area contributed by atoms with Crippen molar-refractivity contribution in [1.29, 1.82) is 0 Å². The summed E-state index contributed by atoms with van der Waals surface area (Å²) >= 11 is 0. The topological polar surface area (TPSA) is 201 Å². The predicted molar refractivity (Wildman–Crippen MR) is 558 cm³/mol. The molecule has 4 N–H and O–H groups in total. The number of nitrogens with zero attached hydrogens (tertiary/aromatic N) is 4. The third-order valence-electron chi connectivity index (χ3n) is 23.5. The van der Waals surface area contributed by atoms with Gasteiger partial charge in [-0.05, 0) is 93.6 Å². The third kappa shape index (κ3) is 35.6. The number of carbonyl (C=O) groups is 4. The van der Waals surface area contributed by atoms with Gasteiger partial charge in [0, 0.05) is 173 Å². The summed E-state index contributed by atoms with van der Waals surface area (Å²) in [5.41, 5.74) is 25.6. The van der Waals surface area contributed by atoms with Crippen molar-refractivity contribution in [1.82, 2.24) is 19.9 Å². The number of aryl methyl sites for hydroxylation is 12. The van der Waals surface area contributed by atoms with Crippen LogP contribution in [0.15, 0.2) is 193 Å². The van der Waals surface area contributed by atoms with E-state index in [9.17, 15) is 39.6 Å². The van der Waals surface area contributed by atoms with Gasteiger partial charge in [0.15, 0.2) is 23.1 Å². The zero-order valence-corrected chi connectivity index (χ0v) is 98.3. The fraction of sp³-hybridized carbons (Fsp3) is 0.400. The molecular weight excluding hydrogens is 2390 g/mol. The van der Waals surface area contributed by atoms with E-state index in [1.165, 1.54) is 151 Å². The number of hydrogen-bond acceptors (Lipinski definition) is 12. The monoisotopic (exact) mass is 2550 g/mol. The van der Waals surface area contributed by atoms with Crippen LogP contribution in [0.5, 0.6) is 0 Å². The Labute approximate surface area is 870 Å². The van der Waals surface area contributed by atoms with E-state index in [0.29, 0.717) is 0 Å². The SMILES string of the molecule is CC(C)(C)C(=O)C=C(O)C(C)(C)C.CC(C)(C)C(=O)C=C(O)C(C)(C)C.CC(C)(C)C(=O)C=C(O)C(C)(C)C.CC(C)(C)C(=O)C=C(O)C(C)(C)C.Cc1[c-]c(-c2ncc3ccccc3c2C)c(C)c(C)c1.Cc1[c-]c(-c2ncc3ccccc3c2C)c(C)cc1C.Cc1[c-]c(-c2ncc3ccccc3c2C)cc(C)c1C.Cc1c[c-]c(-c2ncc3ccccc3c2C)c(C)c1C.[Ir].[Ir].[Ir].[Ir]. The second kappa shape index (κ2) is 51.7. The Morgan fingerprint density at radius 1 is 0.265 bits per heavy atom. The Hall–Kier alpha value is -9.16. The Bertz CT molecular complexity index is 5990. The Balaban J connectivity index is 0.000000781. The van der Waals surface area contributed by atoms with Gasteiger partial charge in [-0.3, -0.25) is 19.2 Å². The van der Waals surface area contributed by atoms with Gasteiger partial charge in [0.1, 0.15) is 23.0 Å². The fourth-order valence-corrected chi connectivity index (χ4v) is 13.0. The number of rotatable bonds is 8. The number of pyridine rings is 4. The van der Waals surface area contributed by atoms with E-state index in [1.54, 1.807) is 0 Å². The van der Waals surface area contributed by atoms with Crippen LogP contribution >= 0.6 is 0 Å². The normalized spacial score (nSPS) is 12.0. The summed E-state index contributed by atoms with van der Waals surface area (Å²) in [5, 5.41) is 48.1. The maximum absolute atomic E-state index is 11.5. The van der Waals surface area contributed by atoms with Crippen molar-refractivity contribution < 1.29 is 120 Å². The number of carbonyl (C=O) groups excluding carboxylic acids is 4. The molecule has 0 aliphatic heterocycles. The molecule has 740 valence electrons. The summed E-state index contributed by atoms with van der Waals surface area (Å²) in [4.78, 5) is 64.6. The van der Waals surface area contributed by atoms with Gasteiger partial charge < -0.3 is 40.4 Å². The number of ketones is 4. The Morgan fingerprint density at radius 3 is 0.846 bits per heavy atom. The van der Waals surface area contributed by atoms with Crippen molar-refractivity contribution in [2.75, 3.05) is 0 Å². The zero-order chi connectivity index (χ0) is 101. The fourth-order valence-electron chi connectivity index (χ4n) is 13.0. The van der Waals surface area contributed by atoms with Crippen LogP contribution in [0.3, 0.4) is 0 Å². The quantitative estimate of drug-likeness (QED) is 0.0638. The second-order valence-corrected chi connectivity index (χ2v) is 43.3. The molecule has 4 aromatic heterocycles. The van der Waals surface area contributed by atoms with Crippen LogP contribution in [0.4, 0.5) is 0 Å². The molecule has 0 amide bonds. The third-order valence-corrected chi connectivity index (χ3v) is 23.5. The smallest absolute Gasteiger partial charge is 0.164 e. The van der Waals surface area contributed by atoms with Crippen LogP contribution in [0.2, 0.25) is 0 Å². The minimum Gasteiger partial charge on any atom is -0.512 e. The molecule has 0 unspecified atom stereocenters. The largest absolute Gasteiger partial charge is 0.512 e. The van der Waals surface area contributed by atoms with Crippen molar-refractivity contribution in [2.24, 2.45) is 43.3 Å². The first kappa shape index (κ1) is 125. The second-order valence-electron chi connectivity index (χ2n) is 43.3. The van der Waals surface area contributed by atoms with Gasteiger partial charge in [-0.25, -0.2) is 0 Å². The van der Waals surface area contributed by atoms with E-state index in [-0.39, 0.29) is 148 Å². The average molecular weight is 2550 g/mol. The maximum atomic E-state index is 11.5. The molecule has 12 nitrogen and oxygen atoms in total. The first-order chi connectivity index (χ1) is 60.5. The number of aliphatic hydroxyl groups excluding tert-OH is 4. The van der Waals surface area contributed by atoms with E-state index in [2.05, 4.69) is 276 Å². The minimum absolute atomic E-state index is 0. The van der Waals surface area contributed by atoms with Crippen LogP contribution in [0, 0.1) is 178 Å². The molecule has 0 atom stereocenters. The molecule has 12 rings (SSSR count). The number of benzene rings is 8. The summed E-state index contributed by atoms with van der Waals surface area (Å²) in [6, 6.07) is 56.1. The number of allylic oxidation sites excluding steroid dienone is 8. The number of fused-ring (bicyclic) bond motifs is 4. The summed E-state index contributed by atoms with van der Waals surface area (Å²) in [6.45, 7) is 78.7. The molecule has 0 spiro atoms. The van der Waals surface area contributed by atoms with Crippen molar-refractivity contribution in [2.45, 2.75) is 277 Å². The zero-order valence-electron chi connectivity index (χ0n) is 88.7. The van der Waals surface area contributed by atoms with E-state index < -0.39 is 21.7 Å². The number of hydrogen-bond donors (Lipinski definition) is 4. The van der Waals surface area contributed by atoms with Gasteiger partial charge in [0.2, 0.25) is 0 Å². The summed E-state index contributed by atoms with van der Waals surface area (Å²) in [7, 11) is 0. The summed E-state index contributed by atoms with van der Waals surface area (Å²) in [5.74, 6) is 0.416. The van der Waals surface area contributed by atoms with Crippen LogP contribution in [0.25, 0.3) is 88.1 Å². The standard InChI is InChI=1S/4C19H18N.4C11H20O2.4Ir/c1-12-9-17(10-13(2)14(12)3)19-15(4)18-8-6-5-7-16(18)11-20-19;1-12-9-14(3)18(10-13(12)2)19-15(4)17-8-6-5-7-16(17)11-20-19;1-12-9-13(2)14(3)18(10-12)19-15(4)17-8-6-5-7-16(17)11-20-19;1-12-9-10-18(14(3)13(12)2)19-15(4)17-8-6-5-7-16(17)11-20-19;4*1-10(2,3)8(12)7-9(13)11(4,5)6;;;;/h4*5-9,11H,1-4H3;4*7,12H,1-6H3;;;;/q4*-1;;;;;;;;. The van der Waals surface area contributed by atoms with Crippen molar-refractivity contribution in [3.8, 4) is 45.0 Å². The molecular formula is C120H152Ir4N4O8-4. The van der Waals surface area contributed by atoms with E-state index in [1.807, 2.05) is 191 Å². The van der Waals surface area contributed by atoms with Gasteiger partial charge >= 0.3 is 0 Å². The average Bonchev–Trinajstić information content (AvgIpc) is 0.793. The molecule has 136 heavy (non-hydrogen) atoms. The Kier molecular flexibility index (Phi) is 47.4. The van der Waals surface area contributed by atoms with Crippen LogP contribution < -0.4 is 0 Å². The van der Waals surface area contributed by atoms with Crippen LogP contribution in [0.1, 0.15) is 255 Å².